The van der Waals surface area contributed by atoms with Gasteiger partial charge in [0.25, 0.3) is 0 Å². The van der Waals surface area contributed by atoms with E-state index in [4.69, 9.17) is 0 Å². The number of carbonyl (C=O) groups is 2. The molecule has 3 heterocycles. The van der Waals surface area contributed by atoms with Gasteiger partial charge in [0.05, 0.1) is 23.1 Å². The summed E-state index contributed by atoms with van der Waals surface area (Å²) in [7, 11) is 2.10. The van der Waals surface area contributed by atoms with Crippen LogP contribution in [0.1, 0.15) is 30.8 Å². The minimum atomic E-state index is -0.383. The molecule has 2 aliphatic rings. The molecule has 8 heteroatoms. The van der Waals surface area contributed by atoms with Crippen LogP contribution >= 0.6 is 0 Å². The van der Waals surface area contributed by atoms with Gasteiger partial charge in [-0.25, -0.2) is 4.98 Å². The van der Waals surface area contributed by atoms with E-state index in [0.717, 1.165) is 42.1 Å². The lowest BCUT2D eigenvalue weighted by atomic mass is 9.76. The Morgan fingerprint density at radius 2 is 1.97 bits per heavy atom. The summed E-state index contributed by atoms with van der Waals surface area (Å²) in [5.74, 6) is 0.979. The Morgan fingerprint density at radius 3 is 2.74 bits per heavy atom. The second-order valence-corrected chi connectivity index (χ2v) is 9.83. The number of benzene rings is 2. The largest absolute Gasteiger partial charge is 0.348 e. The van der Waals surface area contributed by atoms with Gasteiger partial charge in [0.2, 0.25) is 11.8 Å². The number of nitrogens with zero attached hydrogens (tertiary/aromatic N) is 3. The minimum Gasteiger partial charge on any atom is -0.348 e. The number of imidazole rings is 1. The molecule has 0 unspecified atom stereocenters. The number of likely N-dealkylation sites (tertiary alicyclic amines) is 2. The maximum absolute atomic E-state index is 13.2. The van der Waals surface area contributed by atoms with Gasteiger partial charge >= 0.3 is 0 Å². The minimum absolute atomic E-state index is 0.0263. The molecule has 0 radical (unpaired) electrons. The van der Waals surface area contributed by atoms with E-state index in [1.54, 1.807) is 6.92 Å². The number of hydrogen-bond acceptors (Lipinski definition) is 5. The highest BCUT2D eigenvalue weighted by atomic mass is 16.2. The Hall–Kier alpha value is -3.23. The lowest BCUT2D eigenvalue weighted by Gasteiger charge is -2.44. The van der Waals surface area contributed by atoms with Crippen LogP contribution in [0.3, 0.4) is 0 Å². The van der Waals surface area contributed by atoms with Crippen LogP contribution in [-0.4, -0.2) is 70.3 Å². The molecule has 2 amide bonds. The summed E-state index contributed by atoms with van der Waals surface area (Å²) < 4.78 is 0. The molecule has 34 heavy (non-hydrogen) atoms. The lowest BCUT2D eigenvalue weighted by molar-refractivity contribution is -0.122. The molecule has 1 aromatic heterocycles. The van der Waals surface area contributed by atoms with Crippen molar-refractivity contribution in [3.63, 3.8) is 0 Å². The van der Waals surface area contributed by atoms with Gasteiger partial charge in [0.1, 0.15) is 5.82 Å². The summed E-state index contributed by atoms with van der Waals surface area (Å²) in [5.41, 5.74) is 3.32. The van der Waals surface area contributed by atoms with Crippen LogP contribution in [0.5, 0.6) is 0 Å². The first-order valence-corrected chi connectivity index (χ1v) is 11.9. The summed E-state index contributed by atoms with van der Waals surface area (Å²) in [6.07, 6.45) is 0.963. The highest BCUT2D eigenvalue weighted by molar-refractivity contribution is 5.94. The number of carbonyl (C=O) groups excluding carboxylic acids is 2. The fourth-order valence-electron chi connectivity index (χ4n) is 6.03. The number of likely N-dealkylation sites (N-methyl/N-ethyl adjacent to an activating group) is 1. The molecule has 3 aromatic rings. The highest BCUT2D eigenvalue weighted by Gasteiger charge is 2.55. The van der Waals surface area contributed by atoms with Crippen LogP contribution < -0.4 is 10.6 Å². The summed E-state index contributed by atoms with van der Waals surface area (Å²) >= 11 is 0. The van der Waals surface area contributed by atoms with Gasteiger partial charge in [-0.1, -0.05) is 30.3 Å². The molecule has 8 nitrogen and oxygen atoms in total. The van der Waals surface area contributed by atoms with Crippen molar-refractivity contribution in [1.82, 2.24) is 25.1 Å². The third kappa shape index (κ3) is 4.31. The van der Waals surface area contributed by atoms with Crippen molar-refractivity contribution in [2.24, 2.45) is 5.92 Å². The predicted molar refractivity (Wildman–Crippen MR) is 132 cm³/mol. The number of nitrogens with one attached hydrogen (secondary N) is 3. The van der Waals surface area contributed by atoms with E-state index >= 15 is 0 Å². The first kappa shape index (κ1) is 22.6. The second-order valence-electron chi connectivity index (χ2n) is 9.83. The number of aromatic nitrogens is 2. The number of hydrogen-bond donors (Lipinski definition) is 3. The number of piperidine rings is 1. The first-order chi connectivity index (χ1) is 16.3. The van der Waals surface area contributed by atoms with Gasteiger partial charge in [-0.05, 0) is 50.7 Å². The normalized spacial score (nSPS) is 25.3. The highest BCUT2D eigenvalue weighted by Crippen LogP contribution is 2.47. The Balaban J connectivity index is 1.41. The fourth-order valence-corrected chi connectivity index (χ4v) is 6.03. The van der Waals surface area contributed by atoms with E-state index in [0.29, 0.717) is 6.54 Å². The molecule has 0 saturated carbocycles. The van der Waals surface area contributed by atoms with E-state index in [9.17, 15) is 9.59 Å². The molecule has 0 aliphatic carbocycles. The molecule has 5 rings (SSSR count). The van der Waals surface area contributed by atoms with Crippen LogP contribution in [0.2, 0.25) is 0 Å². The number of aryl methyl sites for hydroxylation is 1. The zero-order valence-corrected chi connectivity index (χ0v) is 20.0. The van der Waals surface area contributed by atoms with Gasteiger partial charge < -0.3 is 20.5 Å². The van der Waals surface area contributed by atoms with Gasteiger partial charge in [0, 0.05) is 37.7 Å². The molecule has 2 aromatic carbocycles. The van der Waals surface area contributed by atoms with Crippen molar-refractivity contribution in [3.8, 4) is 0 Å². The van der Waals surface area contributed by atoms with Crippen LogP contribution in [-0.2, 0) is 9.59 Å². The molecule has 0 bridgehead atoms. The Labute approximate surface area is 199 Å². The molecular formula is C26H32N6O2. The average molecular weight is 461 g/mol. The Morgan fingerprint density at radius 1 is 1.18 bits per heavy atom. The Bertz CT molecular complexity index is 1210. The standard InChI is InChI=1S/C26H32N6O2/c1-17-27-22-10-9-20(13-23(22)28-17)29-24(34)14-32-16-26(30-18(2)33)15-31(3)12-11-21(26)25(32)19-7-5-4-6-8-19/h4-10,13,21,25H,11-12,14-16H2,1-3H3,(H,27,28)(H,29,34)(H,30,33)/t21-,25-,26-/m1/s1. The number of H-pyrrole nitrogens is 1. The maximum Gasteiger partial charge on any atom is 0.238 e. The van der Waals surface area contributed by atoms with Gasteiger partial charge in [0.15, 0.2) is 0 Å². The molecule has 2 aliphatic heterocycles. The number of fused-ring (bicyclic) bond motifs is 2. The zero-order chi connectivity index (χ0) is 23.9. The summed E-state index contributed by atoms with van der Waals surface area (Å²) in [6, 6.07) is 16.1. The zero-order valence-electron chi connectivity index (χ0n) is 20.0. The smallest absolute Gasteiger partial charge is 0.238 e. The first-order valence-electron chi connectivity index (χ1n) is 11.9. The summed E-state index contributed by atoms with van der Waals surface area (Å²) in [4.78, 5) is 37.6. The van der Waals surface area contributed by atoms with Crippen LogP contribution in [0, 0.1) is 12.8 Å². The van der Waals surface area contributed by atoms with Crippen LogP contribution in [0.4, 0.5) is 5.69 Å². The quantitative estimate of drug-likeness (QED) is 0.544. The number of aromatic amines is 1. The summed E-state index contributed by atoms with van der Waals surface area (Å²) in [5, 5.41) is 6.36. The number of amides is 2. The molecular weight excluding hydrogens is 428 g/mol. The molecule has 2 fully saturated rings. The van der Waals surface area contributed by atoms with E-state index in [2.05, 4.69) is 49.6 Å². The lowest BCUT2D eigenvalue weighted by Crippen LogP contribution is -2.63. The molecule has 2 saturated heterocycles. The van der Waals surface area contributed by atoms with Crippen LogP contribution in [0.15, 0.2) is 48.5 Å². The van der Waals surface area contributed by atoms with Crippen molar-refractivity contribution in [1.29, 1.82) is 0 Å². The van der Waals surface area contributed by atoms with Crippen LogP contribution in [0.25, 0.3) is 11.0 Å². The number of rotatable bonds is 5. The van der Waals surface area contributed by atoms with E-state index in [1.807, 2.05) is 43.3 Å². The third-order valence-corrected chi connectivity index (χ3v) is 7.14. The van der Waals surface area contributed by atoms with Crippen molar-refractivity contribution in [2.45, 2.75) is 31.8 Å². The monoisotopic (exact) mass is 460 g/mol. The van der Waals surface area contributed by atoms with E-state index in [1.165, 1.54) is 5.56 Å². The second kappa shape index (κ2) is 8.85. The summed E-state index contributed by atoms with van der Waals surface area (Å²) in [6.45, 7) is 6.12. The Kier molecular flexibility index (Phi) is 5.87. The fraction of sp³-hybridized carbons (Fsp3) is 0.423. The van der Waals surface area contributed by atoms with Gasteiger partial charge in [-0.2, -0.15) is 0 Å². The molecule has 178 valence electrons. The van der Waals surface area contributed by atoms with E-state index < -0.39 is 0 Å². The molecule has 0 spiro atoms. The van der Waals surface area contributed by atoms with E-state index in [-0.39, 0.29) is 35.9 Å². The van der Waals surface area contributed by atoms with Crippen molar-refractivity contribution < 1.29 is 9.59 Å². The number of anilines is 1. The maximum atomic E-state index is 13.2. The average Bonchev–Trinajstić information content (AvgIpc) is 3.29. The predicted octanol–water partition coefficient (Wildman–Crippen LogP) is 2.69. The van der Waals surface area contributed by atoms with Gasteiger partial charge in [-0.15, -0.1) is 0 Å². The van der Waals surface area contributed by atoms with Crippen molar-refractivity contribution in [3.05, 3.63) is 59.9 Å². The molecule has 3 N–H and O–H groups in total. The van der Waals surface area contributed by atoms with Crippen molar-refractivity contribution >= 4 is 28.5 Å². The van der Waals surface area contributed by atoms with Gasteiger partial charge in [-0.3, -0.25) is 14.5 Å². The SMILES string of the molecule is CC(=O)N[C@@]12CN(C)CC[C@@H]1[C@@H](c1ccccc1)N(CC(=O)Nc1ccc3nc(C)[nH]c3c1)C2. The third-order valence-electron chi connectivity index (χ3n) is 7.14. The topological polar surface area (TPSA) is 93.4 Å². The molecule has 3 atom stereocenters. The van der Waals surface area contributed by atoms with Crippen molar-refractivity contribution in [2.75, 3.05) is 38.5 Å².